The third-order valence-electron chi connectivity index (χ3n) is 2.22. The molecule has 1 aromatic rings. The number of nitrogens with one attached hydrogen (secondary N) is 2. The van der Waals surface area contributed by atoms with Crippen LogP contribution in [0, 0.1) is 0 Å². The van der Waals surface area contributed by atoms with Crippen molar-refractivity contribution < 1.29 is 4.79 Å². The van der Waals surface area contributed by atoms with Gasteiger partial charge in [0.1, 0.15) is 6.54 Å². The van der Waals surface area contributed by atoms with Gasteiger partial charge in [0, 0.05) is 18.0 Å². The fourth-order valence-electron chi connectivity index (χ4n) is 1.30. The largest absolute Gasteiger partial charge is 0.370 e. The summed E-state index contributed by atoms with van der Waals surface area (Å²) in [5.41, 5.74) is 5.65. The summed E-state index contributed by atoms with van der Waals surface area (Å²) in [5.74, 6) is 0.220. The molecule has 1 rings (SSSR count). The third-order valence-corrected chi connectivity index (χ3v) is 3.16. The molecule has 0 spiro atoms. The van der Waals surface area contributed by atoms with Crippen LogP contribution < -0.4 is 16.4 Å². The number of rotatable bonds is 7. The van der Waals surface area contributed by atoms with Gasteiger partial charge in [-0.05, 0) is 24.3 Å². The molecule has 1 amide bonds. The van der Waals surface area contributed by atoms with E-state index in [1.165, 1.54) is 4.88 Å². The molecule has 0 aliphatic carbocycles. The van der Waals surface area contributed by atoms with E-state index in [4.69, 9.17) is 5.73 Å². The summed E-state index contributed by atoms with van der Waals surface area (Å²) in [4.78, 5) is 16.5. The Bertz CT molecular complexity index is 375. The van der Waals surface area contributed by atoms with Crippen LogP contribution in [0.5, 0.6) is 0 Å². The number of aliphatic imine (C=N–C) groups is 1. The first-order valence-electron chi connectivity index (χ1n) is 6.05. The molecule has 0 atom stereocenters. The first-order valence-corrected chi connectivity index (χ1v) is 6.93. The van der Waals surface area contributed by atoms with Crippen molar-refractivity contribution in [2.24, 2.45) is 10.7 Å². The monoisotopic (exact) mass is 268 g/mol. The molecule has 0 saturated carbocycles. The number of carbonyl (C=O) groups excluding carboxylic acids is 1. The molecule has 0 unspecified atom stereocenters. The zero-order valence-corrected chi connectivity index (χ0v) is 11.4. The van der Waals surface area contributed by atoms with Crippen molar-refractivity contribution in [3.05, 3.63) is 22.4 Å². The molecule has 4 N–H and O–H groups in total. The average Bonchev–Trinajstić information content (AvgIpc) is 2.87. The van der Waals surface area contributed by atoms with Gasteiger partial charge in [0.15, 0.2) is 5.96 Å². The summed E-state index contributed by atoms with van der Waals surface area (Å²) in [6, 6.07) is 4.10. The number of nitrogens with two attached hydrogens (primary N) is 1. The molecule has 0 bridgehead atoms. The highest BCUT2D eigenvalue weighted by atomic mass is 32.1. The number of hydrogen-bond acceptors (Lipinski definition) is 3. The Balaban J connectivity index is 2.15. The summed E-state index contributed by atoms with van der Waals surface area (Å²) in [7, 11) is 0. The van der Waals surface area contributed by atoms with E-state index in [0.717, 1.165) is 19.4 Å². The molecule has 1 heterocycles. The number of guanidine groups is 1. The Morgan fingerprint density at radius 2 is 2.28 bits per heavy atom. The molecular formula is C12H20N4OS. The maximum absolute atomic E-state index is 11.3. The van der Waals surface area contributed by atoms with Crippen molar-refractivity contribution in [2.75, 3.05) is 19.6 Å². The van der Waals surface area contributed by atoms with Crippen molar-refractivity contribution in [2.45, 2.75) is 19.8 Å². The SMILES string of the molecule is CCCNC(=O)CN=C(N)NCCc1cccs1. The van der Waals surface area contributed by atoms with Crippen LogP contribution in [-0.4, -0.2) is 31.5 Å². The first kappa shape index (κ1) is 14.5. The minimum absolute atomic E-state index is 0.0812. The molecule has 0 aromatic carbocycles. The van der Waals surface area contributed by atoms with Crippen LogP contribution in [-0.2, 0) is 11.2 Å². The van der Waals surface area contributed by atoms with Crippen LogP contribution >= 0.6 is 11.3 Å². The number of amides is 1. The number of hydrogen-bond donors (Lipinski definition) is 3. The van der Waals surface area contributed by atoms with Gasteiger partial charge in [-0.2, -0.15) is 0 Å². The van der Waals surface area contributed by atoms with E-state index in [0.29, 0.717) is 12.5 Å². The number of nitrogens with zero attached hydrogens (tertiary/aromatic N) is 1. The van der Waals surface area contributed by atoms with E-state index >= 15 is 0 Å². The van der Waals surface area contributed by atoms with Crippen LogP contribution in [0.15, 0.2) is 22.5 Å². The van der Waals surface area contributed by atoms with Crippen molar-refractivity contribution in [1.82, 2.24) is 10.6 Å². The lowest BCUT2D eigenvalue weighted by Gasteiger charge is -2.05. The second kappa shape index (κ2) is 8.52. The molecule has 0 aliphatic rings. The predicted molar refractivity (Wildman–Crippen MR) is 75.8 cm³/mol. The Labute approximate surface area is 111 Å². The topological polar surface area (TPSA) is 79.5 Å². The second-order valence-corrected chi connectivity index (χ2v) is 4.84. The summed E-state index contributed by atoms with van der Waals surface area (Å²) in [5, 5.41) is 7.77. The Morgan fingerprint density at radius 1 is 1.44 bits per heavy atom. The quantitative estimate of drug-likeness (QED) is 0.503. The van der Waals surface area contributed by atoms with Gasteiger partial charge in [-0.15, -0.1) is 11.3 Å². The van der Waals surface area contributed by atoms with Crippen molar-refractivity contribution >= 4 is 23.2 Å². The summed E-state index contributed by atoms with van der Waals surface area (Å²) in [6.07, 6.45) is 1.83. The highest BCUT2D eigenvalue weighted by Gasteiger charge is 1.99. The molecule has 0 saturated heterocycles. The molecule has 6 heteroatoms. The number of thiophene rings is 1. The normalized spacial score (nSPS) is 11.3. The van der Waals surface area contributed by atoms with Gasteiger partial charge in [-0.25, -0.2) is 4.99 Å². The molecular weight excluding hydrogens is 248 g/mol. The van der Waals surface area contributed by atoms with E-state index in [1.54, 1.807) is 11.3 Å². The maximum atomic E-state index is 11.3. The average molecular weight is 268 g/mol. The van der Waals surface area contributed by atoms with E-state index < -0.39 is 0 Å². The molecule has 0 fully saturated rings. The minimum atomic E-state index is -0.0974. The molecule has 18 heavy (non-hydrogen) atoms. The highest BCUT2D eigenvalue weighted by molar-refractivity contribution is 7.09. The second-order valence-electron chi connectivity index (χ2n) is 3.81. The zero-order chi connectivity index (χ0) is 13.2. The minimum Gasteiger partial charge on any atom is -0.370 e. The van der Waals surface area contributed by atoms with Crippen molar-refractivity contribution in [3.8, 4) is 0 Å². The van der Waals surface area contributed by atoms with Crippen LogP contribution in [0.3, 0.4) is 0 Å². The predicted octanol–water partition coefficient (Wildman–Crippen LogP) is 0.721. The Kier molecular flexibility index (Phi) is 6.86. The molecule has 0 aliphatic heterocycles. The maximum Gasteiger partial charge on any atom is 0.241 e. The lowest BCUT2D eigenvalue weighted by molar-refractivity contribution is -0.119. The summed E-state index contributed by atoms with van der Waals surface area (Å²) < 4.78 is 0. The Hall–Kier alpha value is -1.56. The van der Waals surface area contributed by atoms with Crippen LogP contribution in [0.2, 0.25) is 0 Å². The van der Waals surface area contributed by atoms with Crippen LogP contribution in [0.4, 0.5) is 0 Å². The van der Waals surface area contributed by atoms with Crippen molar-refractivity contribution in [1.29, 1.82) is 0 Å². The lowest BCUT2D eigenvalue weighted by Crippen LogP contribution is -2.35. The van der Waals surface area contributed by atoms with Gasteiger partial charge in [0.05, 0.1) is 0 Å². The van der Waals surface area contributed by atoms with Gasteiger partial charge in [0.2, 0.25) is 5.91 Å². The third kappa shape index (κ3) is 6.24. The van der Waals surface area contributed by atoms with E-state index in [-0.39, 0.29) is 12.5 Å². The van der Waals surface area contributed by atoms with Gasteiger partial charge in [0.25, 0.3) is 0 Å². The zero-order valence-electron chi connectivity index (χ0n) is 10.6. The lowest BCUT2D eigenvalue weighted by atomic mass is 10.3. The van der Waals surface area contributed by atoms with Crippen LogP contribution in [0.1, 0.15) is 18.2 Å². The van der Waals surface area contributed by atoms with Gasteiger partial charge >= 0.3 is 0 Å². The van der Waals surface area contributed by atoms with Crippen LogP contribution in [0.25, 0.3) is 0 Å². The van der Waals surface area contributed by atoms with Gasteiger partial charge in [-0.3, -0.25) is 4.79 Å². The standard InChI is InChI=1S/C12H20N4OS/c1-2-6-14-11(17)9-16-12(13)15-7-5-10-4-3-8-18-10/h3-4,8H,2,5-7,9H2,1H3,(H,14,17)(H3,13,15,16). The molecule has 100 valence electrons. The summed E-state index contributed by atoms with van der Waals surface area (Å²) >= 11 is 1.72. The van der Waals surface area contributed by atoms with Gasteiger partial charge < -0.3 is 16.4 Å². The summed E-state index contributed by atoms with van der Waals surface area (Å²) in [6.45, 7) is 3.49. The van der Waals surface area contributed by atoms with E-state index in [1.807, 2.05) is 18.4 Å². The number of carbonyl (C=O) groups is 1. The fraction of sp³-hybridized carbons (Fsp3) is 0.500. The van der Waals surface area contributed by atoms with Gasteiger partial charge in [-0.1, -0.05) is 13.0 Å². The Morgan fingerprint density at radius 3 is 2.94 bits per heavy atom. The fourth-order valence-corrected chi connectivity index (χ4v) is 2.01. The molecule has 1 aromatic heterocycles. The highest BCUT2D eigenvalue weighted by Crippen LogP contribution is 2.07. The first-order chi connectivity index (χ1) is 8.72. The van der Waals surface area contributed by atoms with E-state index in [2.05, 4.69) is 21.7 Å². The van der Waals surface area contributed by atoms with Crippen molar-refractivity contribution in [3.63, 3.8) is 0 Å². The molecule has 5 nitrogen and oxygen atoms in total. The van der Waals surface area contributed by atoms with E-state index in [9.17, 15) is 4.79 Å². The smallest absolute Gasteiger partial charge is 0.241 e. The molecule has 0 radical (unpaired) electrons.